The monoisotopic (exact) mass is 669 g/mol. The quantitative estimate of drug-likeness (QED) is 0.0684. The fourth-order valence-corrected chi connectivity index (χ4v) is 7.75. The van der Waals surface area contributed by atoms with Crippen LogP contribution in [-0.4, -0.2) is 11.9 Å². The van der Waals surface area contributed by atoms with E-state index < -0.39 is 11.9 Å². The molecule has 1 aromatic rings. The van der Waals surface area contributed by atoms with Crippen LogP contribution in [0.4, 0.5) is 0 Å². The van der Waals surface area contributed by atoms with Crippen LogP contribution >= 0.6 is 0 Å². The number of carboxylic acids is 2. The third-order valence-corrected chi connectivity index (χ3v) is 10.7. The molecule has 48 heavy (non-hydrogen) atoms. The Bertz CT molecular complexity index is 938. The first-order valence-electron chi connectivity index (χ1n) is 21.0. The maximum absolute atomic E-state index is 12.9. The van der Waals surface area contributed by atoms with Gasteiger partial charge < -0.3 is 19.8 Å². The Morgan fingerprint density at radius 2 is 0.750 bits per heavy atom. The zero-order chi connectivity index (χ0) is 35.2. The first-order chi connectivity index (χ1) is 23.4. The summed E-state index contributed by atoms with van der Waals surface area (Å²) < 4.78 is 0. The minimum atomic E-state index is -1.41. The molecule has 0 aliphatic carbocycles. The highest BCUT2D eigenvalue weighted by molar-refractivity contribution is 6.01. The van der Waals surface area contributed by atoms with Gasteiger partial charge in [0.05, 0.1) is 11.9 Å². The van der Waals surface area contributed by atoms with Gasteiger partial charge in [-0.25, -0.2) is 0 Å². The molecule has 0 bridgehead atoms. The van der Waals surface area contributed by atoms with Crippen LogP contribution in [-0.2, 0) is 0 Å². The van der Waals surface area contributed by atoms with Crippen molar-refractivity contribution < 1.29 is 19.8 Å². The zero-order valence-electron chi connectivity index (χ0n) is 32.2. The van der Waals surface area contributed by atoms with E-state index in [0.717, 1.165) is 75.3 Å². The molecule has 4 nitrogen and oxygen atoms in total. The summed E-state index contributed by atoms with van der Waals surface area (Å²) in [6.45, 7) is 8.98. The predicted octanol–water partition coefficient (Wildman–Crippen LogP) is 12.4. The third kappa shape index (κ3) is 19.4. The van der Waals surface area contributed by atoms with E-state index in [-0.39, 0.29) is 23.0 Å². The van der Waals surface area contributed by atoms with E-state index >= 15 is 0 Å². The summed E-state index contributed by atoms with van der Waals surface area (Å²) >= 11 is 0. The maximum atomic E-state index is 12.9. The summed E-state index contributed by atoms with van der Waals surface area (Å²) in [6.07, 6.45) is 35.7. The summed E-state index contributed by atoms with van der Waals surface area (Å²) in [5.74, 6) is -2.48. The maximum Gasteiger partial charge on any atom is 0.0724 e. The van der Waals surface area contributed by atoms with E-state index in [9.17, 15) is 19.8 Å². The number of hydrogen-bond donors (Lipinski definition) is 0. The molecular formula is C44H76O4-2. The van der Waals surface area contributed by atoms with Gasteiger partial charge in [0.2, 0.25) is 0 Å². The topological polar surface area (TPSA) is 80.3 Å². The van der Waals surface area contributed by atoms with Crippen molar-refractivity contribution in [2.45, 2.75) is 232 Å². The highest BCUT2D eigenvalue weighted by Gasteiger charge is 2.26. The van der Waals surface area contributed by atoms with E-state index in [4.69, 9.17) is 0 Å². The molecule has 0 radical (unpaired) electrons. The molecule has 1 aromatic carbocycles. The third-order valence-electron chi connectivity index (χ3n) is 10.7. The summed E-state index contributed by atoms with van der Waals surface area (Å²) in [7, 11) is 0. The standard InChI is InChI=1S/C44H78O4/c1-5-9-13-17-19-21-25-28-32-37(31-27-23-15-11-7-3)39-35-36-40(43(45)46)42(44(47)48)41(39)38(33-29-24-16-12-8-4)34-30-26-22-20-18-14-10-6-2/h35-38H,5-34H2,1-4H3,(H,45,46)(H,47,48)/p-2. The predicted molar refractivity (Wildman–Crippen MR) is 202 cm³/mol. The number of carbonyl (C=O) groups excluding carboxylic acids is 2. The second-order valence-corrected chi connectivity index (χ2v) is 14.9. The van der Waals surface area contributed by atoms with Crippen molar-refractivity contribution in [3.05, 3.63) is 34.4 Å². The second-order valence-electron chi connectivity index (χ2n) is 14.9. The van der Waals surface area contributed by atoms with Gasteiger partial charge >= 0.3 is 0 Å². The van der Waals surface area contributed by atoms with Gasteiger partial charge in [0, 0.05) is 11.1 Å². The lowest BCUT2D eigenvalue weighted by atomic mass is 9.76. The minimum Gasteiger partial charge on any atom is -0.545 e. The molecule has 0 heterocycles. The van der Waals surface area contributed by atoms with Crippen LogP contribution in [0.3, 0.4) is 0 Å². The van der Waals surface area contributed by atoms with Crippen LogP contribution in [0.25, 0.3) is 0 Å². The number of benzene rings is 1. The fourth-order valence-electron chi connectivity index (χ4n) is 7.75. The molecule has 0 fully saturated rings. The SMILES string of the molecule is CCCCCCCCCCC(CCCCCCC)c1ccc(C(=O)[O-])c(C(=O)[O-])c1C(CCCCCCC)CCCCCCCCCC. The second kappa shape index (κ2) is 30.0. The number of carbonyl (C=O) groups is 2. The molecule has 0 aliphatic heterocycles. The van der Waals surface area contributed by atoms with Crippen LogP contribution < -0.4 is 10.2 Å². The molecule has 0 spiro atoms. The first kappa shape index (κ1) is 44.2. The summed E-state index contributed by atoms with van der Waals surface area (Å²) in [6, 6.07) is 3.50. The molecule has 0 aliphatic rings. The molecule has 0 saturated heterocycles. The average Bonchev–Trinajstić information content (AvgIpc) is 3.07. The van der Waals surface area contributed by atoms with E-state index in [0.29, 0.717) is 0 Å². The number of unbranched alkanes of at least 4 members (excludes halogenated alkanes) is 22. The van der Waals surface area contributed by atoms with Gasteiger partial charge in [-0.3, -0.25) is 0 Å². The van der Waals surface area contributed by atoms with Gasteiger partial charge in [0.25, 0.3) is 0 Å². The molecule has 0 amide bonds. The molecular weight excluding hydrogens is 592 g/mol. The number of aromatic carboxylic acids is 2. The fraction of sp³-hybridized carbons (Fsp3) is 0.818. The Kier molecular flexibility index (Phi) is 27.6. The van der Waals surface area contributed by atoms with E-state index in [1.54, 1.807) is 0 Å². The van der Waals surface area contributed by atoms with Gasteiger partial charge in [-0.15, -0.1) is 0 Å². The van der Waals surface area contributed by atoms with Gasteiger partial charge in [-0.05, 0) is 48.6 Å². The Balaban J connectivity index is 3.37. The molecule has 4 heteroatoms. The Morgan fingerprint density at radius 3 is 1.06 bits per heavy atom. The zero-order valence-corrected chi connectivity index (χ0v) is 32.2. The summed E-state index contributed by atoms with van der Waals surface area (Å²) in [4.78, 5) is 25.2. The van der Waals surface area contributed by atoms with Gasteiger partial charge in [0.15, 0.2) is 0 Å². The summed E-state index contributed by atoms with van der Waals surface area (Å²) in [5.41, 5.74) is 1.59. The Labute approximate surface area is 297 Å². The van der Waals surface area contributed by atoms with Crippen molar-refractivity contribution in [2.75, 3.05) is 0 Å². The van der Waals surface area contributed by atoms with Crippen molar-refractivity contribution in [1.29, 1.82) is 0 Å². The number of hydrogen-bond acceptors (Lipinski definition) is 4. The molecule has 0 N–H and O–H groups in total. The van der Waals surface area contributed by atoms with Crippen LogP contribution in [0.15, 0.2) is 12.1 Å². The molecule has 0 aromatic heterocycles. The van der Waals surface area contributed by atoms with Crippen LogP contribution in [0.2, 0.25) is 0 Å². The van der Waals surface area contributed by atoms with E-state index in [2.05, 4.69) is 27.7 Å². The summed E-state index contributed by atoms with van der Waals surface area (Å²) in [5, 5.41) is 25.2. The Hall–Kier alpha value is -1.84. The number of rotatable bonds is 34. The average molecular weight is 669 g/mol. The molecule has 0 saturated carbocycles. The molecule has 278 valence electrons. The highest BCUT2D eigenvalue weighted by atomic mass is 16.4. The normalized spacial score (nSPS) is 12.8. The molecule has 2 unspecified atom stereocenters. The van der Waals surface area contributed by atoms with Crippen LogP contribution in [0, 0.1) is 0 Å². The minimum absolute atomic E-state index is 0.0371. The highest BCUT2D eigenvalue weighted by Crippen LogP contribution is 2.41. The van der Waals surface area contributed by atoms with Crippen molar-refractivity contribution in [1.82, 2.24) is 0 Å². The first-order valence-corrected chi connectivity index (χ1v) is 21.0. The van der Waals surface area contributed by atoms with Crippen molar-refractivity contribution in [3.8, 4) is 0 Å². The Morgan fingerprint density at radius 1 is 0.438 bits per heavy atom. The molecule has 2 atom stereocenters. The van der Waals surface area contributed by atoms with Gasteiger partial charge in [-0.2, -0.15) is 0 Å². The number of carboxylic acid groups (broad SMARTS) is 2. The lowest BCUT2D eigenvalue weighted by Crippen LogP contribution is -2.32. The smallest absolute Gasteiger partial charge is 0.0724 e. The molecule has 1 rings (SSSR count). The van der Waals surface area contributed by atoms with Gasteiger partial charge in [0.1, 0.15) is 0 Å². The van der Waals surface area contributed by atoms with Crippen LogP contribution in [0.5, 0.6) is 0 Å². The van der Waals surface area contributed by atoms with Gasteiger partial charge in [-0.1, -0.05) is 207 Å². The van der Waals surface area contributed by atoms with Crippen molar-refractivity contribution in [2.24, 2.45) is 0 Å². The van der Waals surface area contributed by atoms with Crippen LogP contribution in [0.1, 0.15) is 264 Å². The van der Waals surface area contributed by atoms with Crippen molar-refractivity contribution >= 4 is 11.9 Å². The van der Waals surface area contributed by atoms with E-state index in [1.165, 1.54) is 134 Å². The van der Waals surface area contributed by atoms with E-state index in [1.807, 2.05) is 6.07 Å². The lowest BCUT2D eigenvalue weighted by molar-refractivity contribution is -0.259. The largest absolute Gasteiger partial charge is 0.545 e. The van der Waals surface area contributed by atoms with Crippen molar-refractivity contribution in [3.63, 3.8) is 0 Å². The lowest BCUT2D eigenvalue weighted by Gasteiger charge is -2.30.